The van der Waals surface area contributed by atoms with Crippen molar-refractivity contribution >= 4 is 5.52 Å². The maximum absolute atomic E-state index is 4.53. The van der Waals surface area contributed by atoms with Gasteiger partial charge in [-0.3, -0.25) is 4.98 Å². The van der Waals surface area contributed by atoms with E-state index >= 15 is 0 Å². The highest BCUT2D eigenvalue weighted by Gasteiger charge is 2.03. The molecule has 0 radical (unpaired) electrons. The van der Waals surface area contributed by atoms with E-state index < -0.39 is 0 Å². The second kappa shape index (κ2) is 6.57. The van der Waals surface area contributed by atoms with Crippen LogP contribution in [-0.4, -0.2) is 9.38 Å². The highest BCUT2D eigenvalue weighted by atomic mass is 14.9. The fraction of sp³-hybridized carbons (Fsp3) is 0.316. The maximum atomic E-state index is 4.53. The first-order chi connectivity index (χ1) is 10.4. The van der Waals surface area contributed by atoms with E-state index in [0.717, 1.165) is 12.8 Å². The Morgan fingerprint density at radius 2 is 1.67 bits per heavy atom. The van der Waals surface area contributed by atoms with E-state index in [4.69, 9.17) is 0 Å². The molecule has 0 amide bonds. The monoisotopic (exact) mass is 278 g/mol. The second-order valence-corrected chi connectivity index (χ2v) is 5.59. The van der Waals surface area contributed by atoms with Crippen LogP contribution in [0.25, 0.3) is 5.52 Å². The minimum Gasteiger partial charge on any atom is -0.321 e. The normalized spacial score (nSPS) is 11.1. The predicted molar refractivity (Wildman–Crippen MR) is 87.7 cm³/mol. The van der Waals surface area contributed by atoms with Crippen LogP contribution < -0.4 is 0 Å². The maximum Gasteiger partial charge on any atom is 0.0666 e. The molecule has 0 N–H and O–H groups in total. The lowest BCUT2D eigenvalue weighted by Gasteiger charge is -2.06. The Balaban J connectivity index is 1.66. The van der Waals surface area contributed by atoms with Crippen molar-refractivity contribution in [3.63, 3.8) is 0 Å². The number of benzene rings is 1. The largest absolute Gasteiger partial charge is 0.321 e. The number of hydrogen-bond acceptors (Lipinski definition) is 1. The highest BCUT2D eigenvalue weighted by Crippen LogP contribution is 2.13. The van der Waals surface area contributed by atoms with Crippen LogP contribution in [0.4, 0.5) is 0 Å². The minimum absolute atomic E-state index is 0.989. The van der Waals surface area contributed by atoms with E-state index in [1.54, 1.807) is 0 Å². The quantitative estimate of drug-likeness (QED) is 0.650. The first kappa shape index (κ1) is 13.9. The molecule has 3 rings (SSSR count). The molecule has 2 aromatic heterocycles. The number of rotatable bonds is 6. The third-order valence-corrected chi connectivity index (χ3v) is 4.02. The molecule has 0 saturated heterocycles. The first-order valence-corrected chi connectivity index (χ1v) is 7.85. The van der Waals surface area contributed by atoms with E-state index in [1.165, 1.54) is 41.6 Å². The van der Waals surface area contributed by atoms with Gasteiger partial charge in [0.1, 0.15) is 0 Å². The zero-order valence-corrected chi connectivity index (χ0v) is 12.6. The SMILES string of the molecule is CCCCc1ccc(CCc2nccn3cccc23)cc1. The first-order valence-electron chi connectivity index (χ1n) is 7.85. The highest BCUT2D eigenvalue weighted by molar-refractivity contribution is 5.52. The number of fused-ring (bicyclic) bond motifs is 1. The molecule has 0 aliphatic carbocycles. The summed E-state index contributed by atoms with van der Waals surface area (Å²) in [5, 5.41) is 0. The topological polar surface area (TPSA) is 17.3 Å². The number of nitrogens with zero attached hydrogens (tertiary/aromatic N) is 2. The van der Waals surface area contributed by atoms with Crippen LogP contribution in [-0.2, 0) is 19.3 Å². The Bertz CT molecular complexity index is 695. The molecule has 0 atom stereocenters. The van der Waals surface area contributed by atoms with Crippen LogP contribution in [0.1, 0.15) is 36.6 Å². The van der Waals surface area contributed by atoms with Crippen molar-refractivity contribution in [2.45, 2.75) is 39.0 Å². The summed E-state index contributed by atoms with van der Waals surface area (Å²) in [5.41, 5.74) is 5.24. The van der Waals surface area contributed by atoms with Crippen molar-refractivity contribution in [2.75, 3.05) is 0 Å². The lowest BCUT2D eigenvalue weighted by molar-refractivity contribution is 0.794. The van der Waals surface area contributed by atoms with Gasteiger partial charge in [-0.25, -0.2) is 0 Å². The summed E-state index contributed by atoms with van der Waals surface area (Å²) in [6.07, 6.45) is 11.7. The van der Waals surface area contributed by atoms with E-state index in [0.29, 0.717) is 0 Å². The van der Waals surface area contributed by atoms with Crippen LogP contribution in [0.3, 0.4) is 0 Å². The molecule has 2 heteroatoms. The van der Waals surface area contributed by atoms with Gasteiger partial charge in [-0.1, -0.05) is 37.6 Å². The summed E-state index contributed by atoms with van der Waals surface area (Å²) in [5.74, 6) is 0. The van der Waals surface area contributed by atoms with Crippen LogP contribution in [0.15, 0.2) is 55.0 Å². The van der Waals surface area contributed by atoms with E-state index in [1.807, 2.05) is 12.4 Å². The van der Waals surface area contributed by atoms with E-state index in [9.17, 15) is 0 Å². The fourth-order valence-corrected chi connectivity index (χ4v) is 2.74. The van der Waals surface area contributed by atoms with Gasteiger partial charge in [0, 0.05) is 18.6 Å². The summed E-state index contributed by atoms with van der Waals surface area (Å²) in [7, 11) is 0. The molecular weight excluding hydrogens is 256 g/mol. The molecule has 2 nitrogen and oxygen atoms in total. The molecule has 0 aliphatic heterocycles. The Morgan fingerprint density at radius 1 is 0.905 bits per heavy atom. The Labute approximate surface area is 126 Å². The molecule has 0 aliphatic rings. The number of aryl methyl sites for hydroxylation is 3. The van der Waals surface area contributed by atoms with Crippen LogP contribution >= 0.6 is 0 Å². The third-order valence-electron chi connectivity index (χ3n) is 4.02. The van der Waals surface area contributed by atoms with Gasteiger partial charge in [0.15, 0.2) is 0 Å². The van der Waals surface area contributed by atoms with Crippen molar-refractivity contribution < 1.29 is 0 Å². The average Bonchev–Trinajstić information content (AvgIpc) is 3.01. The summed E-state index contributed by atoms with van der Waals surface area (Å²) in [4.78, 5) is 4.53. The lowest BCUT2D eigenvalue weighted by Crippen LogP contribution is -1.98. The Hall–Kier alpha value is -2.09. The standard InChI is InChI=1S/C19H22N2/c1-2-3-5-16-7-9-17(10-8-16)11-12-18-19-6-4-14-21(19)15-13-20-18/h4,6-10,13-15H,2-3,5,11-12H2,1H3. The van der Waals surface area contributed by atoms with Gasteiger partial charge in [-0.2, -0.15) is 0 Å². The van der Waals surface area contributed by atoms with Gasteiger partial charge in [0.05, 0.1) is 11.2 Å². The minimum atomic E-state index is 0.989. The van der Waals surface area contributed by atoms with Gasteiger partial charge in [-0.05, 0) is 48.9 Å². The summed E-state index contributed by atoms with van der Waals surface area (Å²) < 4.78 is 2.14. The molecule has 21 heavy (non-hydrogen) atoms. The third kappa shape index (κ3) is 3.33. The van der Waals surface area contributed by atoms with Crippen LogP contribution in [0.5, 0.6) is 0 Å². The number of aromatic nitrogens is 2. The molecule has 108 valence electrons. The molecule has 0 spiro atoms. The zero-order chi connectivity index (χ0) is 14.5. The van der Waals surface area contributed by atoms with E-state index in [-0.39, 0.29) is 0 Å². The van der Waals surface area contributed by atoms with Gasteiger partial charge in [-0.15, -0.1) is 0 Å². The smallest absolute Gasteiger partial charge is 0.0666 e. The number of unbranched alkanes of at least 4 members (excludes halogenated alkanes) is 1. The molecule has 0 saturated carbocycles. The van der Waals surface area contributed by atoms with Gasteiger partial charge < -0.3 is 4.40 Å². The zero-order valence-electron chi connectivity index (χ0n) is 12.6. The fourth-order valence-electron chi connectivity index (χ4n) is 2.74. The molecule has 2 heterocycles. The predicted octanol–water partition coefficient (Wildman–Crippen LogP) is 4.46. The molecular formula is C19H22N2. The Morgan fingerprint density at radius 3 is 2.43 bits per heavy atom. The van der Waals surface area contributed by atoms with Gasteiger partial charge in [0.2, 0.25) is 0 Å². The summed E-state index contributed by atoms with van der Waals surface area (Å²) >= 11 is 0. The van der Waals surface area contributed by atoms with Gasteiger partial charge >= 0.3 is 0 Å². The van der Waals surface area contributed by atoms with Gasteiger partial charge in [0.25, 0.3) is 0 Å². The summed E-state index contributed by atoms with van der Waals surface area (Å²) in [6, 6.07) is 13.3. The molecule has 1 aromatic carbocycles. The Kier molecular flexibility index (Phi) is 4.34. The van der Waals surface area contributed by atoms with E-state index in [2.05, 4.69) is 58.9 Å². The molecule has 0 bridgehead atoms. The van der Waals surface area contributed by atoms with Crippen molar-refractivity contribution in [3.05, 3.63) is 71.8 Å². The second-order valence-electron chi connectivity index (χ2n) is 5.59. The van der Waals surface area contributed by atoms with Crippen molar-refractivity contribution in [2.24, 2.45) is 0 Å². The van der Waals surface area contributed by atoms with Crippen molar-refractivity contribution in [1.29, 1.82) is 0 Å². The molecule has 0 unspecified atom stereocenters. The number of hydrogen-bond donors (Lipinski definition) is 0. The lowest BCUT2D eigenvalue weighted by atomic mass is 10.0. The molecule has 0 fully saturated rings. The van der Waals surface area contributed by atoms with Crippen molar-refractivity contribution in [1.82, 2.24) is 9.38 Å². The molecule has 3 aromatic rings. The average molecular weight is 278 g/mol. The van der Waals surface area contributed by atoms with Crippen molar-refractivity contribution in [3.8, 4) is 0 Å². The summed E-state index contributed by atoms with van der Waals surface area (Å²) in [6.45, 7) is 2.24. The van der Waals surface area contributed by atoms with Crippen LogP contribution in [0, 0.1) is 0 Å². The van der Waals surface area contributed by atoms with Crippen LogP contribution in [0.2, 0.25) is 0 Å².